The highest BCUT2D eigenvalue weighted by Gasteiger charge is 2.31. The SMILES string of the molecule is Cc1cccc(C)c1C(=O)NC(CN)C1CC1. The summed E-state index contributed by atoms with van der Waals surface area (Å²) in [4.78, 5) is 12.2. The number of nitrogens with one attached hydrogen (secondary N) is 1. The second-order valence-electron chi connectivity index (χ2n) is 4.92. The summed E-state index contributed by atoms with van der Waals surface area (Å²) < 4.78 is 0. The average Bonchev–Trinajstić information content (AvgIpc) is 3.09. The number of carbonyl (C=O) groups excluding carboxylic acids is 1. The van der Waals surface area contributed by atoms with Crippen molar-refractivity contribution in [1.29, 1.82) is 0 Å². The number of hydrogen-bond donors (Lipinski definition) is 2. The number of nitrogens with two attached hydrogens (primary N) is 1. The molecule has 0 heterocycles. The van der Waals surface area contributed by atoms with Crippen molar-refractivity contribution in [3.8, 4) is 0 Å². The fraction of sp³-hybridized carbons (Fsp3) is 0.500. The molecule has 17 heavy (non-hydrogen) atoms. The molecule has 0 spiro atoms. The lowest BCUT2D eigenvalue weighted by molar-refractivity contribution is 0.0932. The highest BCUT2D eigenvalue weighted by Crippen LogP contribution is 2.32. The number of hydrogen-bond acceptors (Lipinski definition) is 2. The van der Waals surface area contributed by atoms with Crippen LogP contribution in [0.15, 0.2) is 18.2 Å². The van der Waals surface area contributed by atoms with Gasteiger partial charge in [0.15, 0.2) is 0 Å². The first-order valence-electron chi connectivity index (χ1n) is 6.20. The minimum Gasteiger partial charge on any atom is -0.348 e. The second kappa shape index (κ2) is 4.88. The van der Waals surface area contributed by atoms with Crippen LogP contribution in [0.4, 0.5) is 0 Å². The Morgan fingerprint density at radius 3 is 2.47 bits per heavy atom. The Hall–Kier alpha value is -1.35. The van der Waals surface area contributed by atoms with Gasteiger partial charge in [-0.15, -0.1) is 0 Å². The molecule has 3 nitrogen and oxygen atoms in total. The summed E-state index contributed by atoms with van der Waals surface area (Å²) in [7, 11) is 0. The van der Waals surface area contributed by atoms with Crippen molar-refractivity contribution in [1.82, 2.24) is 5.32 Å². The van der Waals surface area contributed by atoms with Crippen LogP contribution in [0.2, 0.25) is 0 Å². The first-order valence-corrected chi connectivity index (χ1v) is 6.20. The molecule has 1 aliphatic carbocycles. The molecule has 1 atom stereocenters. The van der Waals surface area contributed by atoms with Crippen LogP contribution in [-0.2, 0) is 0 Å². The number of rotatable bonds is 4. The zero-order chi connectivity index (χ0) is 12.4. The minimum atomic E-state index is 0.0166. The molecular formula is C14H20N2O. The van der Waals surface area contributed by atoms with E-state index < -0.39 is 0 Å². The third kappa shape index (κ3) is 2.67. The van der Waals surface area contributed by atoms with E-state index in [4.69, 9.17) is 5.73 Å². The van der Waals surface area contributed by atoms with Crippen molar-refractivity contribution in [2.75, 3.05) is 6.54 Å². The van der Waals surface area contributed by atoms with Crippen molar-refractivity contribution in [2.45, 2.75) is 32.7 Å². The van der Waals surface area contributed by atoms with E-state index in [2.05, 4.69) is 5.32 Å². The van der Waals surface area contributed by atoms with Crippen molar-refractivity contribution < 1.29 is 4.79 Å². The predicted octanol–water partition coefficient (Wildman–Crippen LogP) is 1.77. The van der Waals surface area contributed by atoms with Gasteiger partial charge in [-0.2, -0.15) is 0 Å². The fourth-order valence-corrected chi connectivity index (χ4v) is 2.28. The van der Waals surface area contributed by atoms with Gasteiger partial charge < -0.3 is 11.1 Å². The van der Waals surface area contributed by atoms with E-state index in [1.165, 1.54) is 12.8 Å². The Labute approximate surface area is 102 Å². The summed E-state index contributed by atoms with van der Waals surface area (Å²) >= 11 is 0. The van der Waals surface area contributed by atoms with Gasteiger partial charge in [-0.3, -0.25) is 4.79 Å². The summed E-state index contributed by atoms with van der Waals surface area (Å²) in [6.07, 6.45) is 2.38. The van der Waals surface area contributed by atoms with E-state index in [9.17, 15) is 4.79 Å². The van der Waals surface area contributed by atoms with Gasteiger partial charge in [-0.1, -0.05) is 18.2 Å². The monoisotopic (exact) mass is 232 g/mol. The number of benzene rings is 1. The highest BCUT2D eigenvalue weighted by atomic mass is 16.1. The molecule has 1 aromatic rings. The molecule has 92 valence electrons. The number of amides is 1. The Morgan fingerprint density at radius 1 is 1.41 bits per heavy atom. The normalized spacial score (nSPS) is 16.6. The molecule has 0 aliphatic heterocycles. The molecule has 0 bridgehead atoms. The summed E-state index contributed by atoms with van der Waals surface area (Å²) in [5.74, 6) is 0.608. The topological polar surface area (TPSA) is 55.1 Å². The summed E-state index contributed by atoms with van der Waals surface area (Å²) in [5, 5.41) is 3.06. The van der Waals surface area contributed by atoms with Crippen LogP contribution in [-0.4, -0.2) is 18.5 Å². The van der Waals surface area contributed by atoms with Crippen LogP contribution < -0.4 is 11.1 Å². The molecule has 1 unspecified atom stereocenters. The zero-order valence-corrected chi connectivity index (χ0v) is 10.5. The van der Waals surface area contributed by atoms with Crippen molar-refractivity contribution in [3.63, 3.8) is 0 Å². The van der Waals surface area contributed by atoms with Crippen LogP contribution in [0, 0.1) is 19.8 Å². The highest BCUT2D eigenvalue weighted by molar-refractivity contribution is 5.97. The number of carbonyl (C=O) groups is 1. The number of aryl methyl sites for hydroxylation is 2. The smallest absolute Gasteiger partial charge is 0.252 e. The molecule has 0 aromatic heterocycles. The molecule has 1 aliphatic rings. The van der Waals surface area contributed by atoms with Gasteiger partial charge in [0.25, 0.3) is 5.91 Å². The first kappa shape index (κ1) is 12.1. The lowest BCUT2D eigenvalue weighted by Crippen LogP contribution is -2.42. The van der Waals surface area contributed by atoms with Gasteiger partial charge in [-0.05, 0) is 43.7 Å². The molecular weight excluding hydrogens is 212 g/mol. The minimum absolute atomic E-state index is 0.0166. The van der Waals surface area contributed by atoms with Crippen LogP contribution in [0.5, 0.6) is 0 Å². The van der Waals surface area contributed by atoms with Crippen molar-refractivity contribution in [2.24, 2.45) is 11.7 Å². The van der Waals surface area contributed by atoms with Gasteiger partial charge in [0.05, 0.1) is 0 Å². The maximum Gasteiger partial charge on any atom is 0.252 e. The quantitative estimate of drug-likeness (QED) is 0.831. The van der Waals surface area contributed by atoms with Gasteiger partial charge in [0, 0.05) is 18.2 Å². The Bertz CT molecular complexity index is 404. The van der Waals surface area contributed by atoms with Crippen LogP contribution in [0.1, 0.15) is 34.3 Å². The molecule has 3 N–H and O–H groups in total. The Morgan fingerprint density at radius 2 is 2.00 bits per heavy atom. The largest absolute Gasteiger partial charge is 0.348 e. The summed E-state index contributed by atoms with van der Waals surface area (Å²) in [6.45, 7) is 4.47. The second-order valence-corrected chi connectivity index (χ2v) is 4.92. The molecule has 1 amide bonds. The van der Waals surface area contributed by atoms with Crippen LogP contribution in [0.3, 0.4) is 0 Å². The average molecular weight is 232 g/mol. The van der Waals surface area contributed by atoms with Crippen LogP contribution in [0.25, 0.3) is 0 Å². The van der Waals surface area contributed by atoms with Gasteiger partial charge in [0.1, 0.15) is 0 Å². The van der Waals surface area contributed by atoms with E-state index in [1.807, 2.05) is 32.0 Å². The standard InChI is InChI=1S/C14H20N2O/c1-9-4-3-5-10(2)13(9)14(17)16-12(8-15)11-6-7-11/h3-5,11-12H,6-8,15H2,1-2H3,(H,16,17). The van der Waals surface area contributed by atoms with E-state index in [-0.39, 0.29) is 11.9 Å². The van der Waals surface area contributed by atoms with Crippen molar-refractivity contribution in [3.05, 3.63) is 34.9 Å². The van der Waals surface area contributed by atoms with Gasteiger partial charge in [0.2, 0.25) is 0 Å². The van der Waals surface area contributed by atoms with E-state index in [0.717, 1.165) is 16.7 Å². The maximum absolute atomic E-state index is 12.2. The maximum atomic E-state index is 12.2. The molecule has 3 heteroatoms. The third-order valence-corrected chi connectivity index (χ3v) is 3.47. The molecule has 0 radical (unpaired) electrons. The molecule has 1 fully saturated rings. The lowest BCUT2D eigenvalue weighted by atomic mass is 10.0. The predicted molar refractivity (Wildman–Crippen MR) is 68.9 cm³/mol. The zero-order valence-electron chi connectivity index (χ0n) is 10.5. The summed E-state index contributed by atoms with van der Waals surface area (Å²) in [6, 6.07) is 6.05. The van der Waals surface area contributed by atoms with Gasteiger partial charge in [-0.25, -0.2) is 0 Å². The van der Waals surface area contributed by atoms with E-state index in [0.29, 0.717) is 12.5 Å². The summed E-state index contributed by atoms with van der Waals surface area (Å²) in [5.41, 5.74) is 8.54. The molecule has 0 saturated heterocycles. The lowest BCUT2D eigenvalue weighted by Gasteiger charge is -2.17. The Balaban J connectivity index is 2.13. The Kier molecular flexibility index (Phi) is 3.48. The fourth-order valence-electron chi connectivity index (χ4n) is 2.28. The van der Waals surface area contributed by atoms with Crippen LogP contribution >= 0.6 is 0 Å². The molecule has 2 rings (SSSR count). The third-order valence-electron chi connectivity index (χ3n) is 3.47. The van der Waals surface area contributed by atoms with E-state index in [1.54, 1.807) is 0 Å². The van der Waals surface area contributed by atoms with Gasteiger partial charge >= 0.3 is 0 Å². The van der Waals surface area contributed by atoms with E-state index >= 15 is 0 Å². The molecule has 1 aromatic carbocycles. The first-order chi connectivity index (χ1) is 8.13. The molecule has 1 saturated carbocycles. The van der Waals surface area contributed by atoms with Crippen molar-refractivity contribution >= 4 is 5.91 Å².